The summed E-state index contributed by atoms with van der Waals surface area (Å²) >= 11 is 5.69. The zero-order valence-corrected chi connectivity index (χ0v) is 8.47. The monoisotopic (exact) mass is 214 g/mol. The van der Waals surface area contributed by atoms with Crippen LogP contribution in [-0.2, 0) is 10.6 Å². The second-order valence-corrected chi connectivity index (χ2v) is 2.91. The van der Waals surface area contributed by atoms with Crippen molar-refractivity contribution in [2.75, 3.05) is 12.5 Å². The third-order valence-corrected chi connectivity index (χ3v) is 2.11. The molecule has 0 heterocycles. The Morgan fingerprint density at radius 3 is 2.86 bits per heavy atom. The Labute approximate surface area is 87.0 Å². The molecule has 3 N–H and O–H groups in total. The van der Waals surface area contributed by atoms with Crippen LogP contribution in [0.5, 0.6) is 0 Å². The van der Waals surface area contributed by atoms with E-state index in [9.17, 15) is 4.79 Å². The van der Waals surface area contributed by atoms with Gasteiger partial charge in [-0.1, -0.05) is 0 Å². The van der Waals surface area contributed by atoms with E-state index in [2.05, 4.69) is 10.2 Å². The lowest BCUT2D eigenvalue weighted by molar-refractivity contribution is 0.0600. The summed E-state index contributed by atoms with van der Waals surface area (Å²) in [5.74, 6) is 5.06. The van der Waals surface area contributed by atoms with E-state index < -0.39 is 5.97 Å². The van der Waals surface area contributed by atoms with E-state index in [-0.39, 0.29) is 5.88 Å². The summed E-state index contributed by atoms with van der Waals surface area (Å²) < 4.78 is 4.60. The van der Waals surface area contributed by atoms with Crippen molar-refractivity contribution in [1.82, 2.24) is 0 Å². The molecule has 0 aliphatic carbocycles. The summed E-state index contributed by atoms with van der Waals surface area (Å²) in [5, 5.41) is 0. The Hall–Kier alpha value is -1.26. The molecule has 0 spiro atoms. The topological polar surface area (TPSA) is 64.3 Å². The van der Waals surface area contributed by atoms with Gasteiger partial charge in [0.1, 0.15) is 0 Å². The number of hydrazine groups is 1. The molecule has 0 fully saturated rings. The van der Waals surface area contributed by atoms with Crippen molar-refractivity contribution in [2.45, 2.75) is 5.88 Å². The van der Waals surface area contributed by atoms with Crippen LogP contribution in [0.4, 0.5) is 5.69 Å². The third kappa shape index (κ3) is 2.16. The van der Waals surface area contributed by atoms with E-state index in [1.54, 1.807) is 18.2 Å². The first kappa shape index (κ1) is 10.8. The molecule has 14 heavy (non-hydrogen) atoms. The second-order valence-electron chi connectivity index (χ2n) is 2.64. The van der Waals surface area contributed by atoms with Crippen molar-refractivity contribution in [3.05, 3.63) is 29.3 Å². The number of rotatable bonds is 3. The molecule has 0 atom stereocenters. The maximum absolute atomic E-state index is 11.3. The third-order valence-electron chi connectivity index (χ3n) is 1.82. The zero-order valence-electron chi connectivity index (χ0n) is 7.71. The van der Waals surface area contributed by atoms with Crippen LogP contribution in [0.15, 0.2) is 18.2 Å². The highest BCUT2D eigenvalue weighted by atomic mass is 35.5. The number of hydrogen-bond donors (Lipinski definition) is 2. The predicted octanol–water partition coefficient (Wildman–Crippen LogP) is 1.50. The number of anilines is 1. The smallest absolute Gasteiger partial charge is 0.338 e. The molecule has 1 rings (SSSR count). The highest BCUT2D eigenvalue weighted by Crippen LogP contribution is 2.17. The normalized spacial score (nSPS) is 9.64. The number of carbonyl (C=O) groups is 1. The van der Waals surface area contributed by atoms with Crippen molar-refractivity contribution < 1.29 is 9.53 Å². The van der Waals surface area contributed by atoms with E-state index in [0.717, 1.165) is 0 Å². The van der Waals surface area contributed by atoms with Gasteiger partial charge in [0.2, 0.25) is 0 Å². The summed E-state index contributed by atoms with van der Waals surface area (Å²) in [6.07, 6.45) is 0. The van der Waals surface area contributed by atoms with Crippen molar-refractivity contribution in [3.63, 3.8) is 0 Å². The van der Waals surface area contributed by atoms with Crippen LogP contribution in [-0.4, -0.2) is 13.1 Å². The zero-order chi connectivity index (χ0) is 10.6. The van der Waals surface area contributed by atoms with Gasteiger partial charge < -0.3 is 10.2 Å². The van der Waals surface area contributed by atoms with Crippen molar-refractivity contribution in [3.8, 4) is 0 Å². The van der Waals surface area contributed by atoms with Gasteiger partial charge in [-0.3, -0.25) is 5.84 Å². The Morgan fingerprint density at radius 1 is 1.64 bits per heavy atom. The lowest BCUT2D eigenvalue weighted by atomic mass is 10.1. The van der Waals surface area contributed by atoms with E-state index >= 15 is 0 Å². The number of alkyl halides is 1. The van der Waals surface area contributed by atoms with Crippen LogP contribution in [0.25, 0.3) is 0 Å². The minimum Gasteiger partial charge on any atom is -0.465 e. The maximum atomic E-state index is 11.3. The number of hydrogen-bond acceptors (Lipinski definition) is 4. The molecule has 0 bridgehead atoms. The minimum atomic E-state index is -0.399. The van der Waals surface area contributed by atoms with Crippen molar-refractivity contribution in [1.29, 1.82) is 0 Å². The number of nitrogen functional groups attached to an aromatic ring is 1. The Balaban J connectivity index is 3.11. The number of methoxy groups -OCH3 is 1. The van der Waals surface area contributed by atoms with Gasteiger partial charge in [0.05, 0.1) is 12.7 Å². The molecule has 0 amide bonds. The van der Waals surface area contributed by atoms with Crippen LogP contribution < -0.4 is 11.3 Å². The number of ether oxygens (including phenoxy) is 1. The lowest BCUT2D eigenvalue weighted by Gasteiger charge is -2.07. The molecule has 1 aromatic carbocycles. The van der Waals surface area contributed by atoms with Gasteiger partial charge >= 0.3 is 5.97 Å². The van der Waals surface area contributed by atoms with Gasteiger partial charge in [-0.25, -0.2) is 4.79 Å². The largest absolute Gasteiger partial charge is 0.465 e. The molecule has 0 aromatic heterocycles. The molecule has 0 aliphatic rings. The number of nitrogens with two attached hydrogens (primary N) is 1. The van der Waals surface area contributed by atoms with Gasteiger partial charge in [-0.15, -0.1) is 11.6 Å². The van der Waals surface area contributed by atoms with E-state index in [1.807, 2.05) is 0 Å². The van der Waals surface area contributed by atoms with Crippen LogP contribution in [0.1, 0.15) is 15.9 Å². The van der Waals surface area contributed by atoms with Gasteiger partial charge in [0, 0.05) is 11.6 Å². The van der Waals surface area contributed by atoms with Crippen molar-refractivity contribution in [2.24, 2.45) is 5.84 Å². The Morgan fingerprint density at radius 2 is 2.36 bits per heavy atom. The lowest BCUT2D eigenvalue weighted by Crippen LogP contribution is -2.09. The number of halogens is 1. The average molecular weight is 215 g/mol. The van der Waals surface area contributed by atoms with Crippen molar-refractivity contribution >= 4 is 23.3 Å². The molecular weight excluding hydrogens is 204 g/mol. The van der Waals surface area contributed by atoms with Gasteiger partial charge in [0.25, 0.3) is 0 Å². The Kier molecular flexibility index (Phi) is 3.73. The summed E-state index contributed by atoms with van der Waals surface area (Å²) in [6.45, 7) is 0. The minimum absolute atomic E-state index is 0.236. The Bertz CT molecular complexity index is 342. The number of nitrogens with one attached hydrogen (secondary N) is 1. The van der Waals surface area contributed by atoms with E-state index in [0.29, 0.717) is 16.8 Å². The van der Waals surface area contributed by atoms with Gasteiger partial charge in [-0.05, 0) is 23.8 Å². The molecular formula is C9H11ClN2O2. The van der Waals surface area contributed by atoms with Gasteiger partial charge in [0.15, 0.2) is 0 Å². The molecule has 1 aromatic rings. The molecule has 5 heteroatoms. The molecule has 4 nitrogen and oxygen atoms in total. The first-order valence-corrected chi connectivity index (χ1v) is 4.50. The summed E-state index contributed by atoms with van der Waals surface area (Å²) in [7, 11) is 1.33. The van der Waals surface area contributed by atoms with Crippen LogP contribution >= 0.6 is 11.6 Å². The SMILES string of the molecule is COC(=O)c1ccc(NN)cc1CCl. The average Bonchev–Trinajstić information content (AvgIpc) is 2.27. The number of benzene rings is 1. The molecule has 76 valence electrons. The predicted molar refractivity (Wildman–Crippen MR) is 55.1 cm³/mol. The first-order valence-electron chi connectivity index (χ1n) is 3.96. The second kappa shape index (κ2) is 4.83. The van der Waals surface area contributed by atoms with E-state index in [4.69, 9.17) is 17.4 Å². The summed E-state index contributed by atoms with van der Waals surface area (Å²) in [6, 6.07) is 5.01. The molecule has 0 saturated carbocycles. The van der Waals surface area contributed by atoms with Crippen LogP contribution in [0.3, 0.4) is 0 Å². The highest BCUT2D eigenvalue weighted by Gasteiger charge is 2.11. The summed E-state index contributed by atoms with van der Waals surface area (Å²) in [4.78, 5) is 11.3. The number of carbonyl (C=O) groups excluding carboxylic acids is 1. The van der Waals surface area contributed by atoms with Crippen LogP contribution in [0, 0.1) is 0 Å². The fourth-order valence-corrected chi connectivity index (χ4v) is 1.32. The molecule has 0 unspecified atom stereocenters. The van der Waals surface area contributed by atoms with Crippen LogP contribution in [0.2, 0.25) is 0 Å². The number of esters is 1. The molecule has 0 aliphatic heterocycles. The summed E-state index contributed by atoms with van der Waals surface area (Å²) in [5.41, 5.74) is 4.33. The fraction of sp³-hybridized carbons (Fsp3) is 0.222. The van der Waals surface area contributed by atoms with Gasteiger partial charge in [-0.2, -0.15) is 0 Å². The van der Waals surface area contributed by atoms with E-state index in [1.165, 1.54) is 7.11 Å². The highest BCUT2D eigenvalue weighted by molar-refractivity contribution is 6.17. The fourth-order valence-electron chi connectivity index (χ4n) is 1.10. The maximum Gasteiger partial charge on any atom is 0.338 e. The quantitative estimate of drug-likeness (QED) is 0.346. The standard InChI is InChI=1S/C9H11ClN2O2/c1-14-9(13)8-3-2-7(12-11)4-6(8)5-10/h2-4,12H,5,11H2,1H3. The molecule has 0 radical (unpaired) electrons. The molecule has 0 saturated heterocycles. The first-order chi connectivity index (χ1) is 6.72.